The van der Waals surface area contributed by atoms with Crippen LogP contribution >= 0.6 is 27.3 Å². The molecule has 6 heteroatoms. The predicted octanol–water partition coefficient (Wildman–Crippen LogP) is 4.30. The maximum absolute atomic E-state index is 10.2. The summed E-state index contributed by atoms with van der Waals surface area (Å²) in [5, 5.41) is 21.2. The minimum absolute atomic E-state index is 0.272. The molecule has 1 fully saturated rings. The van der Waals surface area contributed by atoms with E-state index in [-0.39, 0.29) is 5.76 Å². The Morgan fingerprint density at radius 2 is 2.00 bits per heavy atom. The molecule has 0 unspecified atom stereocenters. The summed E-state index contributed by atoms with van der Waals surface area (Å²) < 4.78 is 1.03. The van der Waals surface area contributed by atoms with Gasteiger partial charge in [0.1, 0.15) is 16.6 Å². The molecule has 2 heterocycles. The number of aliphatic hydroxyl groups is 1. The lowest BCUT2D eigenvalue weighted by Crippen LogP contribution is -2.28. The number of nitrogens with one attached hydrogen (secondary N) is 1. The first-order valence-electron chi connectivity index (χ1n) is 7.13. The first-order valence-corrected chi connectivity index (χ1v) is 8.80. The first kappa shape index (κ1) is 14.0. The molecule has 0 saturated heterocycles. The molecule has 1 aromatic carbocycles. The topological polar surface area (TPSA) is 60.2 Å². The molecule has 4 nitrogen and oxygen atoms in total. The molecule has 1 aliphatic carbocycles. The van der Waals surface area contributed by atoms with Crippen molar-refractivity contribution in [1.29, 1.82) is 5.41 Å². The van der Waals surface area contributed by atoms with E-state index in [9.17, 15) is 5.11 Å². The number of rotatable bonds is 3. The Morgan fingerprint density at radius 3 is 2.68 bits per heavy atom. The van der Waals surface area contributed by atoms with Crippen LogP contribution in [-0.4, -0.2) is 33.4 Å². The Balaban J connectivity index is 1.65. The molecule has 112 valence electrons. The lowest BCUT2D eigenvalue weighted by Gasteiger charge is -2.16. The molecule has 0 spiro atoms. The maximum atomic E-state index is 10.2. The number of amidine groups is 1. The van der Waals surface area contributed by atoms with Crippen molar-refractivity contribution < 1.29 is 5.11 Å². The summed E-state index contributed by atoms with van der Waals surface area (Å²) >= 11 is 4.91. The quantitative estimate of drug-likeness (QED) is 0.840. The Kier molecular flexibility index (Phi) is 3.31. The number of thiazole rings is 1. The van der Waals surface area contributed by atoms with Gasteiger partial charge in [-0.05, 0) is 25.0 Å². The Bertz CT molecular complexity index is 777. The number of hydrogen-bond donors (Lipinski definition) is 2. The van der Waals surface area contributed by atoms with Gasteiger partial charge in [0.15, 0.2) is 0 Å². The van der Waals surface area contributed by atoms with E-state index >= 15 is 0 Å². The maximum Gasteiger partial charge on any atom is 0.135 e. The molecule has 4 rings (SSSR count). The lowest BCUT2D eigenvalue weighted by atomic mass is 10.2. The van der Waals surface area contributed by atoms with Gasteiger partial charge >= 0.3 is 0 Å². The fourth-order valence-corrected chi connectivity index (χ4v) is 3.82. The molecule has 1 saturated carbocycles. The van der Waals surface area contributed by atoms with E-state index in [1.54, 1.807) is 0 Å². The summed E-state index contributed by atoms with van der Waals surface area (Å²) in [5.41, 5.74) is 2.51. The van der Waals surface area contributed by atoms with Gasteiger partial charge < -0.3 is 10.0 Å². The van der Waals surface area contributed by atoms with Crippen molar-refractivity contribution in [3.8, 4) is 11.3 Å². The average molecular weight is 376 g/mol. The predicted molar refractivity (Wildman–Crippen MR) is 92.3 cm³/mol. The normalized spacial score (nSPS) is 18.4. The number of halogens is 1. The summed E-state index contributed by atoms with van der Waals surface area (Å²) in [4.78, 5) is 6.60. The highest BCUT2D eigenvalue weighted by Crippen LogP contribution is 2.37. The molecule has 0 bridgehead atoms. The van der Waals surface area contributed by atoms with Gasteiger partial charge in [-0.2, -0.15) is 0 Å². The molecule has 1 aliphatic heterocycles. The van der Waals surface area contributed by atoms with Crippen LogP contribution in [0.25, 0.3) is 16.8 Å². The van der Waals surface area contributed by atoms with E-state index < -0.39 is 0 Å². The van der Waals surface area contributed by atoms with Crippen molar-refractivity contribution >= 4 is 38.7 Å². The zero-order valence-corrected chi connectivity index (χ0v) is 14.1. The van der Waals surface area contributed by atoms with E-state index in [1.807, 2.05) is 34.5 Å². The van der Waals surface area contributed by atoms with Crippen LogP contribution in [-0.2, 0) is 0 Å². The van der Waals surface area contributed by atoms with Gasteiger partial charge in [0, 0.05) is 21.5 Å². The third kappa shape index (κ3) is 2.36. The molecule has 2 aliphatic rings. The summed E-state index contributed by atoms with van der Waals surface area (Å²) in [7, 11) is 0. The van der Waals surface area contributed by atoms with E-state index in [0.717, 1.165) is 33.6 Å². The summed E-state index contributed by atoms with van der Waals surface area (Å²) in [6, 6.07) is 8.41. The van der Waals surface area contributed by atoms with Crippen LogP contribution in [0.1, 0.15) is 17.8 Å². The molecule has 0 atom stereocenters. The standard InChI is InChI=1S/C16H14BrN3OS/c17-10-3-1-9(2-4-10)12-8-22-16(19-12)14-13(21)7-20(15(14)18)11-5-6-11/h1-4,8,11,18,21H,5-7H2. The van der Waals surface area contributed by atoms with Crippen LogP contribution in [0.15, 0.2) is 39.9 Å². The largest absolute Gasteiger partial charge is 0.510 e. The van der Waals surface area contributed by atoms with Crippen LogP contribution in [0, 0.1) is 5.41 Å². The van der Waals surface area contributed by atoms with E-state index in [2.05, 4.69) is 20.9 Å². The average Bonchev–Trinajstić information content (AvgIpc) is 3.16. The molecular formula is C16H14BrN3OS. The number of hydrogen-bond acceptors (Lipinski definition) is 4. The van der Waals surface area contributed by atoms with Gasteiger partial charge in [-0.25, -0.2) is 4.98 Å². The summed E-state index contributed by atoms with van der Waals surface area (Å²) in [5.74, 6) is 0.685. The van der Waals surface area contributed by atoms with E-state index in [4.69, 9.17) is 5.41 Å². The van der Waals surface area contributed by atoms with Crippen LogP contribution in [0.3, 0.4) is 0 Å². The zero-order chi connectivity index (χ0) is 15.3. The first-order chi connectivity index (χ1) is 10.6. The van der Waals surface area contributed by atoms with Gasteiger partial charge in [0.05, 0.1) is 17.8 Å². The lowest BCUT2D eigenvalue weighted by molar-refractivity contribution is 0.345. The molecule has 2 N–H and O–H groups in total. The van der Waals surface area contributed by atoms with E-state index in [0.29, 0.717) is 24.0 Å². The van der Waals surface area contributed by atoms with Gasteiger partial charge in [-0.3, -0.25) is 5.41 Å². The second-order valence-electron chi connectivity index (χ2n) is 5.57. The smallest absolute Gasteiger partial charge is 0.135 e. The van der Waals surface area contributed by atoms with Crippen molar-refractivity contribution in [2.24, 2.45) is 0 Å². The third-order valence-electron chi connectivity index (χ3n) is 3.98. The Labute approximate surface area is 140 Å². The highest BCUT2D eigenvalue weighted by atomic mass is 79.9. The minimum atomic E-state index is 0.272. The Hall–Kier alpha value is -1.66. The second-order valence-corrected chi connectivity index (χ2v) is 7.35. The SMILES string of the molecule is N=C1C(c2nc(-c3ccc(Br)cc3)cs2)=C(O)CN1C1CC1. The molecule has 22 heavy (non-hydrogen) atoms. The van der Waals surface area contributed by atoms with Crippen molar-refractivity contribution in [2.75, 3.05) is 6.54 Å². The molecule has 2 aromatic rings. The number of aromatic nitrogens is 1. The van der Waals surface area contributed by atoms with Crippen molar-refractivity contribution in [3.63, 3.8) is 0 Å². The van der Waals surface area contributed by atoms with Gasteiger partial charge in [-0.1, -0.05) is 28.1 Å². The Morgan fingerprint density at radius 1 is 1.27 bits per heavy atom. The van der Waals surface area contributed by atoms with Crippen molar-refractivity contribution in [1.82, 2.24) is 9.88 Å². The van der Waals surface area contributed by atoms with Gasteiger partial charge in [0.2, 0.25) is 0 Å². The van der Waals surface area contributed by atoms with E-state index in [1.165, 1.54) is 11.3 Å². The highest BCUT2D eigenvalue weighted by Gasteiger charge is 2.39. The molecular weight excluding hydrogens is 362 g/mol. The van der Waals surface area contributed by atoms with Crippen LogP contribution < -0.4 is 0 Å². The summed E-state index contributed by atoms with van der Waals surface area (Å²) in [6.45, 7) is 0.450. The van der Waals surface area contributed by atoms with Crippen LogP contribution in [0.2, 0.25) is 0 Å². The van der Waals surface area contributed by atoms with Gasteiger partial charge in [-0.15, -0.1) is 11.3 Å². The highest BCUT2D eigenvalue weighted by molar-refractivity contribution is 9.10. The van der Waals surface area contributed by atoms with Crippen molar-refractivity contribution in [3.05, 3.63) is 44.9 Å². The zero-order valence-electron chi connectivity index (χ0n) is 11.7. The molecule has 0 amide bonds. The van der Waals surface area contributed by atoms with Gasteiger partial charge in [0.25, 0.3) is 0 Å². The molecule has 0 radical (unpaired) electrons. The number of aliphatic hydroxyl groups excluding tert-OH is 1. The summed E-state index contributed by atoms with van der Waals surface area (Å²) in [6.07, 6.45) is 2.23. The second kappa shape index (κ2) is 5.21. The monoisotopic (exact) mass is 375 g/mol. The van der Waals surface area contributed by atoms with Crippen LogP contribution in [0.5, 0.6) is 0 Å². The molecule has 1 aromatic heterocycles. The van der Waals surface area contributed by atoms with Crippen molar-refractivity contribution in [2.45, 2.75) is 18.9 Å². The minimum Gasteiger partial charge on any atom is -0.510 e. The fraction of sp³-hybridized carbons (Fsp3) is 0.250. The van der Waals surface area contributed by atoms with Crippen LogP contribution in [0.4, 0.5) is 0 Å². The number of nitrogens with zero attached hydrogens (tertiary/aromatic N) is 2. The third-order valence-corrected chi connectivity index (χ3v) is 5.37. The fourth-order valence-electron chi connectivity index (χ4n) is 2.66. The number of benzene rings is 1.